The van der Waals surface area contributed by atoms with Crippen molar-refractivity contribution in [1.82, 2.24) is 0 Å². The Kier molecular flexibility index (Phi) is 10.5. The van der Waals surface area contributed by atoms with Crippen LogP contribution in [-0.2, 0) is 0 Å². The van der Waals surface area contributed by atoms with Gasteiger partial charge in [-0.3, -0.25) is 0 Å². The molecule has 0 saturated carbocycles. The number of hydrogen-bond donors (Lipinski definition) is 2. The van der Waals surface area contributed by atoms with E-state index >= 15 is 0 Å². The molecule has 2 N–H and O–H groups in total. The first-order valence-electron chi connectivity index (χ1n) is 6.02. The number of allylic oxidation sites excluding steroid dienone is 3. The van der Waals surface area contributed by atoms with Crippen LogP contribution in [0.2, 0.25) is 0 Å². The van der Waals surface area contributed by atoms with E-state index in [0.29, 0.717) is 0 Å². The van der Waals surface area contributed by atoms with Gasteiger partial charge in [0.25, 0.3) is 5.95 Å². The van der Waals surface area contributed by atoms with Crippen molar-refractivity contribution in [3.05, 3.63) is 24.2 Å². The van der Waals surface area contributed by atoms with E-state index in [1.807, 2.05) is 6.08 Å². The summed E-state index contributed by atoms with van der Waals surface area (Å²) in [6, 6.07) is 0. The molecular formula is C13H24O2. The Hall–Kier alpha value is -0.920. The van der Waals surface area contributed by atoms with Crippen molar-refractivity contribution in [2.24, 2.45) is 0 Å². The normalized spacial score (nSPS) is 10.7. The molecule has 0 aliphatic heterocycles. The van der Waals surface area contributed by atoms with Crippen LogP contribution in [0.5, 0.6) is 0 Å². The van der Waals surface area contributed by atoms with Gasteiger partial charge in [0.2, 0.25) is 0 Å². The summed E-state index contributed by atoms with van der Waals surface area (Å²) in [5.41, 5.74) is 0. The molecular weight excluding hydrogens is 188 g/mol. The SMILES string of the molecule is CCCCCCCCCC=CC=C(O)O. The molecule has 0 spiro atoms. The first-order valence-corrected chi connectivity index (χ1v) is 6.02. The van der Waals surface area contributed by atoms with Gasteiger partial charge in [-0.1, -0.05) is 57.6 Å². The molecule has 0 unspecified atom stereocenters. The second-order valence-electron chi connectivity index (χ2n) is 3.86. The topological polar surface area (TPSA) is 40.5 Å². The number of aliphatic hydroxyl groups is 2. The molecule has 0 saturated heterocycles. The molecule has 0 bridgehead atoms. The van der Waals surface area contributed by atoms with E-state index in [2.05, 4.69) is 6.92 Å². The Morgan fingerprint density at radius 1 is 0.933 bits per heavy atom. The lowest BCUT2D eigenvalue weighted by Gasteiger charge is -1.98. The molecule has 0 aromatic rings. The van der Waals surface area contributed by atoms with Crippen LogP contribution in [0.3, 0.4) is 0 Å². The van der Waals surface area contributed by atoms with Crippen LogP contribution in [0.25, 0.3) is 0 Å². The monoisotopic (exact) mass is 212 g/mol. The highest BCUT2D eigenvalue weighted by molar-refractivity contribution is 5.01. The van der Waals surface area contributed by atoms with E-state index in [1.165, 1.54) is 51.0 Å². The molecule has 0 aliphatic rings. The maximum atomic E-state index is 8.44. The number of unbranched alkanes of at least 4 members (excludes halogenated alkanes) is 7. The second-order valence-corrected chi connectivity index (χ2v) is 3.86. The van der Waals surface area contributed by atoms with Crippen LogP contribution in [0, 0.1) is 0 Å². The highest BCUT2D eigenvalue weighted by Crippen LogP contribution is 2.08. The van der Waals surface area contributed by atoms with Crippen molar-refractivity contribution in [2.75, 3.05) is 0 Å². The average Bonchev–Trinajstić information content (AvgIpc) is 2.20. The smallest absolute Gasteiger partial charge is 0.274 e. The first kappa shape index (κ1) is 14.1. The highest BCUT2D eigenvalue weighted by Gasteiger charge is 1.89. The maximum absolute atomic E-state index is 8.44. The Labute approximate surface area is 93.3 Å². The minimum Gasteiger partial charge on any atom is -0.481 e. The zero-order valence-corrected chi connectivity index (χ0v) is 9.78. The van der Waals surface area contributed by atoms with Crippen molar-refractivity contribution < 1.29 is 10.2 Å². The summed E-state index contributed by atoms with van der Waals surface area (Å²) in [5, 5.41) is 16.9. The zero-order valence-electron chi connectivity index (χ0n) is 9.78. The van der Waals surface area contributed by atoms with E-state index in [0.717, 1.165) is 6.42 Å². The van der Waals surface area contributed by atoms with Gasteiger partial charge in [0.1, 0.15) is 0 Å². The third-order valence-electron chi connectivity index (χ3n) is 2.36. The third kappa shape index (κ3) is 13.1. The molecule has 0 aromatic heterocycles. The Bertz CT molecular complexity index is 179. The van der Waals surface area contributed by atoms with E-state index in [9.17, 15) is 0 Å². The summed E-state index contributed by atoms with van der Waals surface area (Å²) < 4.78 is 0. The van der Waals surface area contributed by atoms with Gasteiger partial charge in [-0.25, -0.2) is 0 Å². The van der Waals surface area contributed by atoms with Crippen molar-refractivity contribution in [1.29, 1.82) is 0 Å². The minimum absolute atomic E-state index is 0.620. The summed E-state index contributed by atoms with van der Waals surface area (Å²) in [5.74, 6) is -0.620. The lowest BCUT2D eigenvalue weighted by Crippen LogP contribution is -1.78. The molecule has 0 fully saturated rings. The van der Waals surface area contributed by atoms with Crippen molar-refractivity contribution >= 4 is 0 Å². The van der Waals surface area contributed by atoms with Gasteiger partial charge >= 0.3 is 0 Å². The number of hydrogen-bond acceptors (Lipinski definition) is 2. The van der Waals surface area contributed by atoms with Gasteiger partial charge in [-0.05, 0) is 12.8 Å². The van der Waals surface area contributed by atoms with Gasteiger partial charge in [-0.2, -0.15) is 0 Å². The molecule has 0 atom stereocenters. The van der Waals surface area contributed by atoms with E-state index in [4.69, 9.17) is 10.2 Å². The Balaban J connectivity index is 3.11. The second kappa shape index (κ2) is 11.2. The molecule has 0 rings (SSSR count). The van der Waals surface area contributed by atoms with Crippen LogP contribution in [0.4, 0.5) is 0 Å². The molecule has 2 nitrogen and oxygen atoms in total. The molecule has 88 valence electrons. The predicted octanol–water partition coefficient (Wildman–Crippen LogP) is 4.64. The van der Waals surface area contributed by atoms with Crippen LogP contribution < -0.4 is 0 Å². The van der Waals surface area contributed by atoms with Crippen LogP contribution in [-0.4, -0.2) is 10.2 Å². The average molecular weight is 212 g/mol. The molecule has 15 heavy (non-hydrogen) atoms. The first-order chi connectivity index (χ1) is 7.27. The number of rotatable bonds is 9. The van der Waals surface area contributed by atoms with Crippen molar-refractivity contribution in [3.63, 3.8) is 0 Å². The van der Waals surface area contributed by atoms with Gasteiger partial charge in [0.05, 0.1) is 0 Å². The minimum atomic E-state index is -0.620. The van der Waals surface area contributed by atoms with E-state index in [-0.39, 0.29) is 0 Å². The lowest BCUT2D eigenvalue weighted by atomic mass is 10.1. The van der Waals surface area contributed by atoms with Gasteiger partial charge in [-0.15, -0.1) is 0 Å². The largest absolute Gasteiger partial charge is 0.481 e. The van der Waals surface area contributed by atoms with Gasteiger partial charge < -0.3 is 10.2 Å². The quantitative estimate of drug-likeness (QED) is 0.332. The third-order valence-corrected chi connectivity index (χ3v) is 2.36. The Morgan fingerprint density at radius 3 is 2.13 bits per heavy atom. The van der Waals surface area contributed by atoms with Crippen molar-refractivity contribution in [3.8, 4) is 0 Å². The highest BCUT2D eigenvalue weighted by atomic mass is 16.5. The molecule has 0 heterocycles. The van der Waals surface area contributed by atoms with Gasteiger partial charge in [0.15, 0.2) is 0 Å². The molecule has 0 amide bonds. The Morgan fingerprint density at radius 2 is 1.53 bits per heavy atom. The van der Waals surface area contributed by atoms with E-state index < -0.39 is 5.95 Å². The van der Waals surface area contributed by atoms with Crippen LogP contribution in [0.1, 0.15) is 58.3 Å². The van der Waals surface area contributed by atoms with Crippen molar-refractivity contribution in [2.45, 2.75) is 58.3 Å². The summed E-state index contributed by atoms with van der Waals surface area (Å²) in [6.45, 7) is 2.23. The fraction of sp³-hybridized carbons (Fsp3) is 0.692. The van der Waals surface area contributed by atoms with Crippen LogP contribution >= 0.6 is 0 Å². The van der Waals surface area contributed by atoms with Crippen LogP contribution in [0.15, 0.2) is 24.2 Å². The van der Waals surface area contributed by atoms with Gasteiger partial charge in [0, 0.05) is 6.08 Å². The fourth-order valence-corrected chi connectivity index (χ4v) is 1.47. The van der Waals surface area contributed by atoms with E-state index in [1.54, 1.807) is 6.08 Å². The fourth-order valence-electron chi connectivity index (χ4n) is 1.47. The summed E-state index contributed by atoms with van der Waals surface area (Å²) in [6.07, 6.45) is 15.2. The predicted molar refractivity (Wildman–Crippen MR) is 65.1 cm³/mol. The maximum Gasteiger partial charge on any atom is 0.274 e. The standard InChI is InChI=1S/C13H24O2/c1-2-3-4-5-6-7-8-9-10-11-12-13(14)15/h10-12,14-15H,2-9H2,1H3. The summed E-state index contributed by atoms with van der Waals surface area (Å²) >= 11 is 0. The molecule has 0 aliphatic carbocycles. The zero-order chi connectivity index (χ0) is 11.4. The molecule has 0 radical (unpaired) electrons. The summed E-state index contributed by atoms with van der Waals surface area (Å²) in [4.78, 5) is 0. The lowest BCUT2D eigenvalue weighted by molar-refractivity contribution is 0.191. The molecule has 2 heteroatoms. The molecule has 0 aromatic carbocycles. The number of aliphatic hydroxyl groups excluding tert-OH is 1. The summed E-state index contributed by atoms with van der Waals surface area (Å²) in [7, 11) is 0.